The number of hydrogen-bond acceptors (Lipinski definition) is 2. The van der Waals surface area contributed by atoms with E-state index in [1.165, 1.54) is 35.1 Å². The molecule has 1 N–H and O–H groups in total. The van der Waals surface area contributed by atoms with E-state index in [-0.39, 0.29) is 17.1 Å². The summed E-state index contributed by atoms with van der Waals surface area (Å²) in [5.41, 5.74) is 0.916. The lowest BCUT2D eigenvalue weighted by molar-refractivity contribution is 0.102. The van der Waals surface area contributed by atoms with Gasteiger partial charge in [0, 0.05) is 12.4 Å². The number of carbonyl (C=O) groups excluding carboxylic acids is 1. The summed E-state index contributed by atoms with van der Waals surface area (Å²) >= 11 is 0. The standard InChI is InChI=1S/C20H14F2N4O/c21-14-7-9-15(10-8-14)26-20(25-11-3-4-12-25)16(13-23-26)19(27)24-18-6-2-1-5-17(18)22/h1-13H,(H,24,27). The number of nitrogens with zero attached hydrogens (tertiary/aromatic N) is 3. The highest BCUT2D eigenvalue weighted by atomic mass is 19.1. The average molecular weight is 364 g/mol. The smallest absolute Gasteiger partial charge is 0.261 e. The van der Waals surface area contributed by atoms with Crippen molar-refractivity contribution in [2.24, 2.45) is 0 Å². The summed E-state index contributed by atoms with van der Waals surface area (Å²) in [6.45, 7) is 0. The molecule has 0 fully saturated rings. The van der Waals surface area contributed by atoms with Gasteiger partial charge in [0.15, 0.2) is 5.82 Å². The highest BCUT2D eigenvalue weighted by Crippen LogP contribution is 2.22. The molecule has 0 aliphatic heterocycles. The van der Waals surface area contributed by atoms with Crippen LogP contribution in [0.2, 0.25) is 0 Å². The van der Waals surface area contributed by atoms with Crippen LogP contribution in [-0.4, -0.2) is 20.3 Å². The van der Waals surface area contributed by atoms with Crippen LogP contribution in [0.4, 0.5) is 14.5 Å². The van der Waals surface area contributed by atoms with E-state index < -0.39 is 11.7 Å². The predicted octanol–water partition coefficient (Wildman–Crippen LogP) is 4.19. The molecular weight excluding hydrogens is 350 g/mol. The molecule has 2 heterocycles. The minimum absolute atomic E-state index is 0.0792. The van der Waals surface area contributed by atoms with Gasteiger partial charge in [0.2, 0.25) is 0 Å². The molecule has 0 atom stereocenters. The molecule has 5 nitrogen and oxygen atoms in total. The summed E-state index contributed by atoms with van der Waals surface area (Å²) in [6, 6.07) is 15.3. The molecule has 0 spiro atoms. The minimum Gasteiger partial charge on any atom is -0.319 e. The van der Waals surface area contributed by atoms with Crippen molar-refractivity contribution in [1.29, 1.82) is 0 Å². The first kappa shape index (κ1) is 16.7. The molecule has 0 unspecified atom stereocenters. The molecule has 2 aromatic heterocycles. The molecule has 0 radical (unpaired) electrons. The molecule has 2 aromatic carbocycles. The summed E-state index contributed by atoms with van der Waals surface area (Å²) in [5.74, 6) is -0.942. The summed E-state index contributed by atoms with van der Waals surface area (Å²) < 4.78 is 30.4. The Morgan fingerprint density at radius 3 is 2.33 bits per heavy atom. The Morgan fingerprint density at radius 2 is 1.63 bits per heavy atom. The second-order valence-electron chi connectivity index (χ2n) is 5.79. The number of rotatable bonds is 4. The molecule has 4 aromatic rings. The maximum Gasteiger partial charge on any atom is 0.261 e. The Hall–Kier alpha value is -3.74. The van der Waals surface area contributed by atoms with Gasteiger partial charge in [-0.2, -0.15) is 5.10 Å². The Balaban J connectivity index is 1.78. The van der Waals surface area contributed by atoms with Crippen molar-refractivity contribution < 1.29 is 13.6 Å². The van der Waals surface area contributed by atoms with Crippen LogP contribution < -0.4 is 5.32 Å². The second kappa shape index (κ2) is 6.87. The second-order valence-corrected chi connectivity index (χ2v) is 5.79. The normalized spacial score (nSPS) is 10.7. The fourth-order valence-corrected chi connectivity index (χ4v) is 2.75. The Labute approximate surface area is 153 Å². The van der Waals surface area contributed by atoms with Gasteiger partial charge in [0.1, 0.15) is 17.2 Å². The van der Waals surface area contributed by atoms with E-state index in [0.717, 1.165) is 0 Å². The first-order chi connectivity index (χ1) is 13.1. The van der Waals surface area contributed by atoms with E-state index in [0.29, 0.717) is 11.5 Å². The number of nitrogens with one attached hydrogen (secondary N) is 1. The number of aromatic nitrogens is 3. The molecule has 0 aliphatic carbocycles. The summed E-state index contributed by atoms with van der Waals surface area (Å²) in [4.78, 5) is 12.8. The molecule has 134 valence electrons. The topological polar surface area (TPSA) is 51.9 Å². The van der Waals surface area contributed by atoms with Crippen molar-refractivity contribution in [1.82, 2.24) is 14.3 Å². The fraction of sp³-hybridized carbons (Fsp3) is 0. The number of anilines is 1. The van der Waals surface area contributed by atoms with Gasteiger partial charge in [-0.1, -0.05) is 12.1 Å². The highest BCUT2D eigenvalue weighted by molar-refractivity contribution is 6.06. The lowest BCUT2D eigenvalue weighted by Gasteiger charge is -2.11. The van der Waals surface area contributed by atoms with E-state index in [1.54, 1.807) is 53.4 Å². The minimum atomic E-state index is -0.528. The van der Waals surface area contributed by atoms with Crippen molar-refractivity contribution in [2.45, 2.75) is 0 Å². The van der Waals surface area contributed by atoms with Gasteiger partial charge >= 0.3 is 0 Å². The fourth-order valence-electron chi connectivity index (χ4n) is 2.75. The van der Waals surface area contributed by atoms with Gasteiger partial charge in [-0.05, 0) is 48.5 Å². The van der Waals surface area contributed by atoms with Crippen LogP contribution in [0.5, 0.6) is 0 Å². The third-order valence-electron chi connectivity index (χ3n) is 4.03. The monoisotopic (exact) mass is 364 g/mol. The first-order valence-corrected chi connectivity index (χ1v) is 8.16. The average Bonchev–Trinajstić information content (AvgIpc) is 3.33. The van der Waals surface area contributed by atoms with Gasteiger partial charge in [-0.25, -0.2) is 13.5 Å². The van der Waals surface area contributed by atoms with Crippen molar-refractivity contribution in [3.05, 3.63) is 96.5 Å². The van der Waals surface area contributed by atoms with Crippen LogP contribution in [0.1, 0.15) is 10.4 Å². The van der Waals surface area contributed by atoms with Gasteiger partial charge in [0.05, 0.1) is 17.6 Å². The molecule has 1 amide bonds. The third-order valence-corrected chi connectivity index (χ3v) is 4.03. The van der Waals surface area contributed by atoms with Crippen molar-refractivity contribution >= 4 is 11.6 Å². The maximum absolute atomic E-state index is 13.9. The van der Waals surface area contributed by atoms with Gasteiger partial charge in [-0.15, -0.1) is 0 Å². The van der Waals surface area contributed by atoms with E-state index in [4.69, 9.17) is 0 Å². The Kier molecular flexibility index (Phi) is 4.25. The molecule has 0 saturated carbocycles. The van der Waals surface area contributed by atoms with Gasteiger partial charge in [-0.3, -0.25) is 4.79 Å². The highest BCUT2D eigenvalue weighted by Gasteiger charge is 2.20. The van der Waals surface area contributed by atoms with E-state index in [1.807, 2.05) is 0 Å². The molecule has 0 aliphatic rings. The van der Waals surface area contributed by atoms with Crippen LogP contribution in [-0.2, 0) is 0 Å². The number of halogens is 2. The quantitative estimate of drug-likeness (QED) is 0.590. The zero-order valence-corrected chi connectivity index (χ0v) is 14.0. The van der Waals surface area contributed by atoms with Gasteiger partial charge in [0.25, 0.3) is 5.91 Å². The van der Waals surface area contributed by atoms with E-state index >= 15 is 0 Å². The molecular formula is C20H14F2N4O. The van der Waals surface area contributed by atoms with Crippen molar-refractivity contribution in [2.75, 3.05) is 5.32 Å². The number of para-hydroxylation sites is 1. The van der Waals surface area contributed by atoms with Crippen LogP contribution in [0.25, 0.3) is 11.5 Å². The van der Waals surface area contributed by atoms with Gasteiger partial charge < -0.3 is 9.88 Å². The first-order valence-electron chi connectivity index (χ1n) is 8.16. The Bertz CT molecular complexity index is 1090. The van der Waals surface area contributed by atoms with Crippen molar-refractivity contribution in [3.63, 3.8) is 0 Å². The molecule has 7 heteroatoms. The lowest BCUT2D eigenvalue weighted by atomic mass is 10.2. The van der Waals surface area contributed by atoms with Crippen molar-refractivity contribution in [3.8, 4) is 11.5 Å². The summed E-state index contributed by atoms with van der Waals surface area (Å²) in [6.07, 6.45) is 4.92. The third kappa shape index (κ3) is 3.22. The zero-order valence-electron chi connectivity index (χ0n) is 14.0. The predicted molar refractivity (Wildman–Crippen MR) is 97.2 cm³/mol. The number of carbonyl (C=O) groups is 1. The molecule has 4 rings (SSSR count). The van der Waals surface area contributed by atoms with E-state index in [9.17, 15) is 13.6 Å². The largest absolute Gasteiger partial charge is 0.319 e. The molecule has 27 heavy (non-hydrogen) atoms. The maximum atomic E-state index is 13.9. The van der Waals surface area contributed by atoms with Crippen LogP contribution in [0.3, 0.4) is 0 Å². The SMILES string of the molecule is O=C(Nc1ccccc1F)c1cnn(-c2ccc(F)cc2)c1-n1cccc1. The Morgan fingerprint density at radius 1 is 0.926 bits per heavy atom. The lowest BCUT2D eigenvalue weighted by Crippen LogP contribution is -2.16. The van der Waals surface area contributed by atoms with Crippen LogP contribution >= 0.6 is 0 Å². The summed E-state index contributed by atoms with van der Waals surface area (Å²) in [7, 11) is 0. The van der Waals surface area contributed by atoms with E-state index in [2.05, 4.69) is 10.4 Å². The zero-order chi connectivity index (χ0) is 18.8. The van der Waals surface area contributed by atoms with Crippen LogP contribution in [0.15, 0.2) is 79.3 Å². The number of amides is 1. The number of benzene rings is 2. The molecule has 0 saturated heterocycles. The van der Waals surface area contributed by atoms with Crippen LogP contribution in [0, 0.1) is 11.6 Å². The molecule has 0 bridgehead atoms. The summed E-state index contributed by atoms with van der Waals surface area (Å²) in [5, 5.41) is 6.84. The number of hydrogen-bond donors (Lipinski definition) is 1.